The molecule has 1 unspecified atom stereocenters. The van der Waals surface area contributed by atoms with Crippen molar-refractivity contribution in [2.24, 2.45) is 0 Å². The summed E-state index contributed by atoms with van der Waals surface area (Å²) in [5.41, 5.74) is 4.78. The number of carbonyl (C=O) groups excluding carboxylic acids is 1. The molecule has 0 radical (unpaired) electrons. The summed E-state index contributed by atoms with van der Waals surface area (Å²) in [6.45, 7) is 5.42. The van der Waals surface area contributed by atoms with Crippen LogP contribution in [0.5, 0.6) is 5.75 Å². The van der Waals surface area contributed by atoms with Crippen molar-refractivity contribution in [1.29, 1.82) is 0 Å². The first-order chi connectivity index (χ1) is 14.7. The Kier molecular flexibility index (Phi) is 7.56. The molecule has 3 rings (SSSR count). The van der Waals surface area contributed by atoms with Gasteiger partial charge in [0.05, 0.1) is 11.9 Å². The van der Waals surface area contributed by atoms with Gasteiger partial charge in [-0.15, -0.1) is 0 Å². The summed E-state index contributed by atoms with van der Waals surface area (Å²) in [5, 5.41) is 6.43. The van der Waals surface area contributed by atoms with E-state index in [-0.39, 0.29) is 5.91 Å². The topological polar surface area (TPSA) is 96.5 Å². The molecule has 1 atom stereocenters. The van der Waals surface area contributed by atoms with Crippen LogP contribution >= 0.6 is 0 Å². The second kappa shape index (κ2) is 10.2. The van der Waals surface area contributed by atoms with E-state index < -0.39 is 10.0 Å². The highest BCUT2D eigenvalue weighted by Crippen LogP contribution is 2.33. The average molecular weight is 446 g/mol. The number of anilines is 2. The number of benzene rings is 2. The first-order valence-corrected chi connectivity index (χ1v) is 12.5. The number of amides is 1. The number of nitrogens with one attached hydrogen (secondary N) is 3. The highest BCUT2D eigenvalue weighted by atomic mass is 32.2. The molecular formula is C23H31N3O4S. The second-order valence-corrected chi connectivity index (χ2v) is 9.84. The molecule has 3 N–H and O–H groups in total. The number of carbonyl (C=O) groups is 1. The average Bonchev–Trinajstić information content (AvgIpc) is 2.71. The van der Waals surface area contributed by atoms with E-state index >= 15 is 0 Å². The quantitative estimate of drug-likeness (QED) is 0.488. The van der Waals surface area contributed by atoms with Gasteiger partial charge in [0, 0.05) is 30.3 Å². The molecule has 0 spiro atoms. The molecule has 7 nitrogen and oxygen atoms in total. The van der Waals surface area contributed by atoms with Crippen LogP contribution in [0, 0.1) is 6.92 Å². The molecule has 2 aromatic carbocycles. The molecule has 2 aromatic rings. The van der Waals surface area contributed by atoms with Crippen molar-refractivity contribution in [3.63, 3.8) is 0 Å². The Bertz CT molecular complexity index is 1020. The Balaban J connectivity index is 1.41. The van der Waals surface area contributed by atoms with Crippen LogP contribution in [0.1, 0.15) is 36.5 Å². The Morgan fingerprint density at radius 3 is 2.58 bits per heavy atom. The summed E-state index contributed by atoms with van der Waals surface area (Å²) in [7, 11) is -3.25. The zero-order valence-corrected chi connectivity index (χ0v) is 19.1. The van der Waals surface area contributed by atoms with E-state index in [0.29, 0.717) is 31.2 Å². The lowest BCUT2D eigenvalue weighted by Crippen LogP contribution is -2.30. The van der Waals surface area contributed by atoms with Crippen LogP contribution in [0.25, 0.3) is 0 Å². The lowest BCUT2D eigenvalue weighted by Gasteiger charge is -2.22. The lowest BCUT2D eigenvalue weighted by molar-refractivity contribution is -0.116. The summed E-state index contributed by atoms with van der Waals surface area (Å²) in [6.07, 6.45) is 4.21. The predicted octanol–water partition coefficient (Wildman–Crippen LogP) is 3.24. The molecule has 0 saturated heterocycles. The molecule has 1 aliphatic heterocycles. The number of sulfonamides is 1. The van der Waals surface area contributed by atoms with Gasteiger partial charge in [-0.1, -0.05) is 18.2 Å². The second-order valence-electron chi connectivity index (χ2n) is 8.10. The van der Waals surface area contributed by atoms with E-state index in [9.17, 15) is 13.2 Å². The van der Waals surface area contributed by atoms with Crippen molar-refractivity contribution in [2.45, 2.75) is 45.6 Å². The van der Waals surface area contributed by atoms with Crippen LogP contribution in [-0.2, 0) is 27.7 Å². The molecule has 168 valence electrons. The van der Waals surface area contributed by atoms with Crippen LogP contribution < -0.4 is 20.1 Å². The Labute approximate surface area is 184 Å². The number of rotatable bonds is 10. The largest absolute Gasteiger partial charge is 0.492 e. The summed E-state index contributed by atoms with van der Waals surface area (Å²) >= 11 is 0. The zero-order chi connectivity index (χ0) is 22.4. The minimum Gasteiger partial charge on any atom is -0.492 e. The molecule has 0 saturated carbocycles. The van der Waals surface area contributed by atoms with Gasteiger partial charge in [0.25, 0.3) is 0 Å². The Morgan fingerprint density at radius 1 is 1.13 bits per heavy atom. The van der Waals surface area contributed by atoms with Crippen LogP contribution in [0.3, 0.4) is 0 Å². The van der Waals surface area contributed by atoms with Crippen molar-refractivity contribution in [2.75, 3.05) is 29.4 Å². The summed E-state index contributed by atoms with van der Waals surface area (Å²) in [4.78, 5) is 11.7. The molecule has 0 aliphatic carbocycles. The summed E-state index contributed by atoms with van der Waals surface area (Å²) in [5.74, 6) is 0.905. The predicted molar refractivity (Wildman–Crippen MR) is 124 cm³/mol. The van der Waals surface area contributed by atoms with E-state index in [1.165, 1.54) is 0 Å². The summed E-state index contributed by atoms with van der Waals surface area (Å²) < 4.78 is 31.0. The first kappa shape index (κ1) is 23.1. The van der Waals surface area contributed by atoms with Gasteiger partial charge in [-0.2, -0.15) is 0 Å². The van der Waals surface area contributed by atoms with E-state index in [2.05, 4.69) is 22.3 Å². The SMILES string of the molecule is Cc1ccc(OCCNC(C)CCc2ccc(NS(C)(=O)=O)cc2)c2c1NC(=O)CC2. The number of aryl methyl sites for hydroxylation is 2. The van der Waals surface area contributed by atoms with Crippen LogP contribution in [0.2, 0.25) is 0 Å². The van der Waals surface area contributed by atoms with Crippen molar-refractivity contribution in [3.8, 4) is 5.75 Å². The maximum Gasteiger partial charge on any atom is 0.229 e. The minimum atomic E-state index is -3.25. The number of fused-ring (bicyclic) bond motifs is 1. The normalized spacial score (nSPS) is 14.5. The fourth-order valence-corrected chi connectivity index (χ4v) is 4.21. The van der Waals surface area contributed by atoms with E-state index in [0.717, 1.165) is 53.8 Å². The van der Waals surface area contributed by atoms with Crippen LogP contribution in [-0.4, -0.2) is 39.8 Å². The molecule has 1 heterocycles. The van der Waals surface area contributed by atoms with Gasteiger partial charge in [0.1, 0.15) is 12.4 Å². The third-order valence-corrected chi connectivity index (χ3v) is 5.93. The highest BCUT2D eigenvalue weighted by molar-refractivity contribution is 7.92. The highest BCUT2D eigenvalue weighted by Gasteiger charge is 2.20. The van der Waals surface area contributed by atoms with E-state index in [1.54, 1.807) is 12.1 Å². The van der Waals surface area contributed by atoms with Gasteiger partial charge in [0.2, 0.25) is 15.9 Å². The first-order valence-electron chi connectivity index (χ1n) is 10.6. The van der Waals surface area contributed by atoms with Gasteiger partial charge < -0.3 is 15.4 Å². The van der Waals surface area contributed by atoms with Gasteiger partial charge in [-0.05, 0) is 62.4 Å². The number of ether oxygens (including phenoxy) is 1. The molecule has 8 heteroatoms. The molecule has 0 bridgehead atoms. The van der Waals surface area contributed by atoms with Gasteiger partial charge >= 0.3 is 0 Å². The number of hydrogen-bond acceptors (Lipinski definition) is 5. The fraction of sp³-hybridized carbons (Fsp3) is 0.435. The van der Waals surface area contributed by atoms with Gasteiger partial charge in [-0.3, -0.25) is 9.52 Å². The third-order valence-electron chi connectivity index (χ3n) is 5.32. The minimum absolute atomic E-state index is 0.0598. The molecule has 1 amide bonds. The lowest BCUT2D eigenvalue weighted by atomic mass is 9.98. The third kappa shape index (κ3) is 6.97. The van der Waals surface area contributed by atoms with Crippen molar-refractivity contribution in [3.05, 3.63) is 53.1 Å². The van der Waals surface area contributed by atoms with Crippen molar-refractivity contribution in [1.82, 2.24) is 5.32 Å². The van der Waals surface area contributed by atoms with Gasteiger partial charge in [-0.25, -0.2) is 8.42 Å². The van der Waals surface area contributed by atoms with Gasteiger partial charge in [0.15, 0.2) is 0 Å². The van der Waals surface area contributed by atoms with Crippen molar-refractivity contribution >= 4 is 27.3 Å². The molecule has 1 aliphatic rings. The van der Waals surface area contributed by atoms with Crippen LogP contribution in [0.15, 0.2) is 36.4 Å². The molecular weight excluding hydrogens is 414 g/mol. The zero-order valence-electron chi connectivity index (χ0n) is 18.3. The van der Waals surface area contributed by atoms with E-state index in [1.807, 2.05) is 31.2 Å². The van der Waals surface area contributed by atoms with E-state index in [4.69, 9.17) is 4.74 Å². The Hall–Kier alpha value is -2.58. The molecule has 31 heavy (non-hydrogen) atoms. The van der Waals surface area contributed by atoms with Crippen molar-refractivity contribution < 1.29 is 17.9 Å². The maximum absolute atomic E-state index is 11.7. The summed E-state index contributed by atoms with van der Waals surface area (Å²) in [6, 6.07) is 11.7. The molecule has 0 fully saturated rings. The van der Waals surface area contributed by atoms with Crippen LogP contribution in [0.4, 0.5) is 11.4 Å². The molecule has 0 aromatic heterocycles. The number of hydrogen-bond donors (Lipinski definition) is 3. The monoisotopic (exact) mass is 445 g/mol. The standard InChI is InChI=1S/C23H31N3O4S/c1-16-4-12-21(20-11-13-22(27)25-23(16)20)30-15-14-24-17(2)5-6-18-7-9-19(10-8-18)26-31(3,28)29/h4,7-10,12,17,24,26H,5-6,11,13-15H2,1-3H3,(H,25,27). The maximum atomic E-state index is 11.7. The fourth-order valence-electron chi connectivity index (χ4n) is 3.65. The smallest absolute Gasteiger partial charge is 0.229 e. The Morgan fingerprint density at radius 2 is 1.87 bits per heavy atom.